The van der Waals surface area contributed by atoms with Crippen molar-refractivity contribution in [1.29, 1.82) is 0 Å². The maximum Gasteiger partial charge on any atom is 0.130 e. The van der Waals surface area contributed by atoms with Crippen LogP contribution in [0.3, 0.4) is 0 Å². The van der Waals surface area contributed by atoms with Gasteiger partial charge in [0.15, 0.2) is 0 Å². The first-order chi connectivity index (χ1) is 6.36. The highest BCUT2D eigenvalue weighted by molar-refractivity contribution is 8.00. The van der Waals surface area contributed by atoms with Crippen molar-refractivity contribution in [2.24, 2.45) is 0 Å². The molecule has 0 fully saturated rings. The largest absolute Gasteiger partial charge is 0.378 e. The van der Waals surface area contributed by atoms with Gasteiger partial charge in [-0.15, -0.1) is 0 Å². The van der Waals surface area contributed by atoms with Crippen LogP contribution < -0.4 is 0 Å². The molecule has 13 heavy (non-hydrogen) atoms. The maximum atomic E-state index is 9.73. The third-order valence-corrected chi connectivity index (χ3v) is 3.47. The van der Waals surface area contributed by atoms with Crippen LogP contribution in [0.5, 0.6) is 0 Å². The zero-order valence-corrected chi connectivity index (χ0v) is 7.71. The van der Waals surface area contributed by atoms with Crippen LogP contribution in [-0.2, 0) is 0 Å². The van der Waals surface area contributed by atoms with Gasteiger partial charge in [0.2, 0.25) is 0 Å². The van der Waals surface area contributed by atoms with Crippen molar-refractivity contribution in [3.05, 3.63) is 42.0 Å². The molecule has 1 heterocycles. The minimum absolute atomic E-state index is 0.374. The van der Waals surface area contributed by atoms with Crippen molar-refractivity contribution < 1.29 is 5.11 Å². The third kappa shape index (κ3) is 0.929. The SMILES string of the molecule is OC1Sc2cccc3cccc1c23. The summed E-state index contributed by atoms with van der Waals surface area (Å²) in [5.41, 5.74) is 0.680. The molecule has 2 aromatic rings. The Balaban J connectivity index is 2.51. The Morgan fingerprint density at radius 3 is 2.69 bits per heavy atom. The van der Waals surface area contributed by atoms with E-state index in [2.05, 4.69) is 18.2 Å². The van der Waals surface area contributed by atoms with Gasteiger partial charge in [-0.2, -0.15) is 0 Å². The first-order valence-corrected chi connectivity index (χ1v) is 5.10. The second-order valence-corrected chi connectivity index (χ2v) is 4.29. The van der Waals surface area contributed by atoms with Crippen molar-refractivity contribution in [2.45, 2.75) is 10.3 Å². The van der Waals surface area contributed by atoms with E-state index in [-0.39, 0.29) is 5.44 Å². The molecule has 2 heteroatoms. The molecule has 0 saturated heterocycles. The molecule has 0 saturated carbocycles. The summed E-state index contributed by atoms with van der Waals surface area (Å²) in [6.45, 7) is 0. The number of aliphatic hydroxyl groups is 1. The van der Waals surface area contributed by atoms with Gasteiger partial charge in [-0.1, -0.05) is 42.1 Å². The summed E-state index contributed by atoms with van der Waals surface area (Å²) in [6.07, 6.45) is 0. The van der Waals surface area contributed by atoms with E-state index in [1.54, 1.807) is 0 Å². The van der Waals surface area contributed by atoms with E-state index in [0.717, 1.165) is 5.56 Å². The molecule has 64 valence electrons. The molecule has 1 aliphatic heterocycles. The summed E-state index contributed by atoms with van der Waals surface area (Å²) < 4.78 is 0. The molecular weight excluding hydrogens is 180 g/mol. The summed E-state index contributed by atoms with van der Waals surface area (Å²) in [7, 11) is 0. The van der Waals surface area contributed by atoms with E-state index in [4.69, 9.17) is 0 Å². The highest BCUT2D eigenvalue weighted by atomic mass is 32.2. The first-order valence-electron chi connectivity index (χ1n) is 4.22. The van der Waals surface area contributed by atoms with Gasteiger partial charge < -0.3 is 5.11 Å². The van der Waals surface area contributed by atoms with Crippen LogP contribution in [0.1, 0.15) is 11.0 Å². The number of benzene rings is 2. The van der Waals surface area contributed by atoms with Crippen molar-refractivity contribution in [2.75, 3.05) is 0 Å². The fourth-order valence-electron chi connectivity index (χ4n) is 1.82. The molecule has 0 bridgehead atoms. The van der Waals surface area contributed by atoms with Gasteiger partial charge in [0.1, 0.15) is 5.44 Å². The molecule has 1 aliphatic rings. The molecule has 1 nitrogen and oxygen atoms in total. The van der Waals surface area contributed by atoms with Crippen LogP contribution in [0.25, 0.3) is 10.8 Å². The van der Waals surface area contributed by atoms with Crippen LogP contribution in [0.2, 0.25) is 0 Å². The predicted octanol–water partition coefficient (Wildman–Crippen LogP) is 2.94. The van der Waals surface area contributed by atoms with Crippen LogP contribution in [0.15, 0.2) is 41.3 Å². The monoisotopic (exact) mass is 188 g/mol. The van der Waals surface area contributed by atoms with Crippen molar-refractivity contribution in [1.82, 2.24) is 0 Å². The summed E-state index contributed by atoms with van der Waals surface area (Å²) in [5, 5.41) is 12.2. The van der Waals surface area contributed by atoms with Crippen molar-refractivity contribution >= 4 is 22.5 Å². The van der Waals surface area contributed by atoms with E-state index < -0.39 is 0 Å². The van der Waals surface area contributed by atoms with Gasteiger partial charge in [0.25, 0.3) is 0 Å². The fourth-order valence-corrected chi connectivity index (χ4v) is 2.90. The Morgan fingerprint density at radius 1 is 1.08 bits per heavy atom. The summed E-state index contributed by atoms with van der Waals surface area (Å²) >= 11 is 1.53. The molecule has 3 rings (SSSR count). The zero-order valence-electron chi connectivity index (χ0n) is 6.90. The van der Waals surface area contributed by atoms with E-state index in [1.807, 2.05) is 18.2 Å². The summed E-state index contributed by atoms with van der Waals surface area (Å²) in [4.78, 5) is 1.20. The smallest absolute Gasteiger partial charge is 0.130 e. The van der Waals surface area contributed by atoms with E-state index in [1.165, 1.54) is 27.4 Å². The fraction of sp³-hybridized carbons (Fsp3) is 0.0909. The van der Waals surface area contributed by atoms with Crippen LogP contribution >= 0.6 is 11.8 Å². The maximum absolute atomic E-state index is 9.73. The van der Waals surface area contributed by atoms with E-state index in [0.29, 0.717) is 0 Å². The second-order valence-electron chi connectivity index (χ2n) is 3.17. The lowest BCUT2D eigenvalue weighted by Crippen LogP contribution is -1.84. The van der Waals surface area contributed by atoms with Gasteiger partial charge in [0.05, 0.1) is 0 Å². The van der Waals surface area contributed by atoms with Gasteiger partial charge in [-0.3, -0.25) is 0 Å². The summed E-state index contributed by atoms with van der Waals surface area (Å²) in [6, 6.07) is 12.3. The molecule has 2 aromatic carbocycles. The molecule has 0 aliphatic carbocycles. The Labute approximate surface area is 80.4 Å². The standard InChI is InChI=1S/C11H8OS/c12-11-8-5-1-3-7-4-2-6-9(13-11)10(7)8/h1-6,11-12H. The predicted molar refractivity (Wildman–Crippen MR) is 54.8 cm³/mol. The van der Waals surface area contributed by atoms with Gasteiger partial charge >= 0.3 is 0 Å². The van der Waals surface area contributed by atoms with E-state index in [9.17, 15) is 5.11 Å². The molecule has 1 unspecified atom stereocenters. The molecule has 0 amide bonds. The number of thioether (sulfide) groups is 1. The molecular formula is C11H8OS. The lowest BCUT2D eigenvalue weighted by Gasteiger charge is -2.00. The number of rotatable bonds is 0. The average molecular weight is 188 g/mol. The highest BCUT2D eigenvalue weighted by Crippen LogP contribution is 2.47. The topological polar surface area (TPSA) is 20.2 Å². The van der Waals surface area contributed by atoms with Crippen LogP contribution in [0.4, 0.5) is 0 Å². The number of hydrogen-bond donors (Lipinski definition) is 1. The van der Waals surface area contributed by atoms with Gasteiger partial charge in [-0.25, -0.2) is 0 Å². The van der Waals surface area contributed by atoms with E-state index >= 15 is 0 Å². The molecule has 1 N–H and O–H groups in total. The number of aliphatic hydroxyl groups excluding tert-OH is 1. The van der Waals surface area contributed by atoms with Crippen molar-refractivity contribution in [3.8, 4) is 0 Å². The minimum Gasteiger partial charge on any atom is -0.378 e. The zero-order chi connectivity index (χ0) is 8.84. The molecule has 0 radical (unpaired) electrons. The molecule has 1 atom stereocenters. The Bertz CT molecular complexity index is 473. The summed E-state index contributed by atoms with van der Waals surface area (Å²) in [5.74, 6) is 0. The Hall–Kier alpha value is -0.990. The normalized spacial score (nSPS) is 19.6. The quantitative estimate of drug-likeness (QED) is 0.686. The highest BCUT2D eigenvalue weighted by Gasteiger charge is 2.21. The average Bonchev–Trinajstić information content (AvgIpc) is 2.47. The lowest BCUT2D eigenvalue weighted by molar-refractivity contribution is 0.273. The minimum atomic E-state index is -0.374. The Morgan fingerprint density at radius 2 is 1.85 bits per heavy atom. The Kier molecular flexibility index (Phi) is 1.43. The first kappa shape index (κ1) is 7.42. The lowest BCUT2D eigenvalue weighted by atomic mass is 10.1. The van der Waals surface area contributed by atoms with Gasteiger partial charge in [-0.05, 0) is 17.0 Å². The second kappa shape index (κ2) is 2.50. The number of hydrogen-bond acceptors (Lipinski definition) is 2. The van der Waals surface area contributed by atoms with Crippen LogP contribution in [-0.4, -0.2) is 5.11 Å². The molecule has 0 spiro atoms. The van der Waals surface area contributed by atoms with Crippen molar-refractivity contribution in [3.63, 3.8) is 0 Å². The third-order valence-electron chi connectivity index (χ3n) is 2.40. The van der Waals surface area contributed by atoms with Gasteiger partial charge in [0, 0.05) is 10.3 Å². The van der Waals surface area contributed by atoms with Crippen LogP contribution in [0, 0.1) is 0 Å². The molecule has 0 aromatic heterocycles.